The van der Waals surface area contributed by atoms with E-state index < -0.39 is 5.82 Å². The summed E-state index contributed by atoms with van der Waals surface area (Å²) in [4.78, 5) is 23.6. The third kappa shape index (κ3) is 2.77. The summed E-state index contributed by atoms with van der Waals surface area (Å²) in [7, 11) is 0. The smallest absolute Gasteiger partial charge is 0.258 e. The van der Waals surface area contributed by atoms with E-state index in [9.17, 15) is 9.18 Å². The van der Waals surface area contributed by atoms with Crippen molar-refractivity contribution in [2.24, 2.45) is 0 Å². The van der Waals surface area contributed by atoms with Crippen LogP contribution in [0.4, 0.5) is 4.39 Å². The van der Waals surface area contributed by atoms with Gasteiger partial charge in [-0.15, -0.1) is 0 Å². The van der Waals surface area contributed by atoms with Crippen LogP contribution in [-0.4, -0.2) is 27.3 Å². The molecule has 2 aromatic heterocycles. The largest absolute Gasteiger partial charge is 0.464 e. The Labute approximate surface area is 144 Å². The first-order valence-corrected chi connectivity index (χ1v) is 8.33. The molecule has 1 aliphatic heterocycles. The highest BCUT2D eigenvalue weighted by atomic mass is 19.1. The molecular weight excluding hydrogens is 321 g/mol. The third-order valence-corrected chi connectivity index (χ3v) is 4.50. The van der Waals surface area contributed by atoms with Gasteiger partial charge in [-0.25, -0.2) is 14.4 Å². The first-order chi connectivity index (χ1) is 12.0. The Hall–Kier alpha value is -2.76. The van der Waals surface area contributed by atoms with Crippen molar-refractivity contribution in [2.75, 3.05) is 6.54 Å². The molecule has 25 heavy (non-hydrogen) atoms. The Morgan fingerprint density at radius 3 is 3.00 bits per heavy atom. The lowest BCUT2D eigenvalue weighted by Gasteiger charge is -2.28. The monoisotopic (exact) mass is 339 g/mol. The van der Waals surface area contributed by atoms with Crippen molar-refractivity contribution in [1.82, 2.24) is 14.9 Å². The zero-order chi connectivity index (χ0) is 17.6. The molecule has 1 amide bonds. The number of aromatic nitrogens is 2. The van der Waals surface area contributed by atoms with E-state index in [0.29, 0.717) is 30.5 Å². The molecule has 1 aromatic carbocycles. The highest BCUT2D eigenvalue weighted by Crippen LogP contribution is 2.26. The van der Waals surface area contributed by atoms with Crippen LogP contribution in [0.5, 0.6) is 0 Å². The molecule has 0 saturated heterocycles. The molecule has 0 N–H and O–H groups in total. The van der Waals surface area contributed by atoms with Crippen LogP contribution in [0.3, 0.4) is 0 Å². The predicted molar refractivity (Wildman–Crippen MR) is 90.7 cm³/mol. The van der Waals surface area contributed by atoms with Crippen LogP contribution in [-0.2, 0) is 13.0 Å². The standard InChI is InChI=1S/C19H18FN3O2/c1-11(2)18-21-9-13-10-23(5-3-16(13)22-18)19(24)15-8-14(20)7-12-4-6-25-17(12)15/h4,6-9,11H,3,5,10H2,1-2H3. The maximum absolute atomic E-state index is 13.8. The molecule has 0 saturated carbocycles. The quantitative estimate of drug-likeness (QED) is 0.714. The lowest BCUT2D eigenvalue weighted by atomic mass is 10.0. The highest BCUT2D eigenvalue weighted by Gasteiger charge is 2.26. The molecule has 6 heteroatoms. The maximum Gasteiger partial charge on any atom is 0.258 e. The molecule has 3 heterocycles. The van der Waals surface area contributed by atoms with Gasteiger partial charge in [0.1, 0.15) is 17.2 Å². The molecule has 4 rings (SSSR count). The molecule has 0 radical (unpaired) electrons. The highest BCUT2D eigenvalue weighted by molar-refractivity contribution is 6.04. The predicted octanol–water partition coefficient (Wildman–Crippen LogP) is 3.68. The number of halogens is 1. The van der Waals surface area contributed by atoms with Crippen LogP contribution < -0.4 is 0 Å². The number of benzene rings is 1. The molecule has 0 fully saturated rings. The molecule has 1 aliphatic rings. The Balaban J connectivity index is 1.65. The summed E-state index contributed by atoms with van der Waals surface area (Å²) in [6.45, 7) is 5.07. The zero-order valence-corrected chi connectivity index (χ0v) is 14.1. The number of hydrogen-bond acceptors (Lipinski definition) is 4. The average molecular weight is 339 g/mol. The molecule has 3 aromatic rings. The number of amides is 1. The summed E-state index contributed by atoms with van der Waals surface area (Å²) in [6, 6.07) is 4.26. The summed E-state index contributed by atoms with van der Waals surface area (Å²) < 4.78 is 19.2. The lowest BCUT2D eigenvalue weighted by molar-refractivity contribution is 0.0733. The van der Waals surface area contributed by atoms with Gasteiger partial charge in [0.25, 0.3) is 5.91 Å². The van der Waals surface area contributed by atoms with Gasteiger partial charge in [-0.1, -0.05) is 13.8 Å². The van der Waals surface area contributed by atoms with Crippen molar-refractivity contribution in [3.8, 4) is 0 Å². The van der Waals surface area contributed by atoms with Gasteiger partial charge in [0, 0.05) is 42.6 Å². The van der Waals surface area contributed by atoms with Crippen LogP contribution in [0, 0.1) is 5.82 Å². The molecule has 0 atom stereocenters. The van der Waals surface area contributed by atoms with Gasteiger partial charge in [0.15, 0.2) is 0 Å². The fourth-order valence-corrected chi connectivity index (χ4v) is 3.16. The second-order valence-corrected chi connectivity index (χ2v) is 6.62. The van der Waals surface area contributed by atoms with E-state index in [1.54, 1.807) is 17.2 Å². The van der Waals surface area contributed by atoms with Gasteiger partial charge in [0.2, 0.25) is 0 Å². The van der Waals surface area contributed by atoms with Gasteiger partial charge in [-0.3, -0.25) is 4.79 Å². The maximum atomic E-state index is 13.8. The van der Waals surface area contributed by atoms with E-state index in [4.69, 9.17) is 4.42 Å². The summed E-state index contributed by atoms with van der Waals surface area (Å²) in [5.74, 6) is 0.406. The van der Waals surface area contributed by atoms with Crippen molar-refractivity contribution in [2.45, 2.75) is 32.7 Å². The topological polar surface area (TPSA) is 59.2 Å². The second-order valence-electron chi connectivity index (χ2n) is 6.62. The van der Waals surface area contributed by atoms with Gasteiger partial charge in [-0.2, -0.15) is 0 Å². The molecule has 128 valence electrons. The van der Waals surface area contributed by atoms with Crippen molar-refractivity contribution in [3.05, 3.63) is 59.1 Å². The molecule has 0 spiro atoms. The number of carbonyl (C=O) groups excluding carboxylic acids is 1. The Morgan fingerprint density at radius 2 is 2.20 bits per heavy atom. The molecular formula is C19H18FN3O2. The molecule has 5 nitrogen and oxygen atoms in total. The zero-order valence-electron chi connectivity index (χ0n) is 14.1. The van der Waals surface area contributed by atoms with Crippen molar-refractivity contribution < 1.29 is 13.6 Å². The fourth-order valence-electron chi connectivity index (χ4n) is 3.16. The number of fused-ring (bicyclic) bond motifs is 2. The van der Waals surface area contributed by atoms with E-state index >= 15 is 0 Å². The van der Waals surface area contributed by atoms with E-state index in [2.05, 4.69) is 23.8 Å². The number of carbonyl (C=O) groups is 1. The van der Waals surface area contributed by atoms with Crippen LogP contribution in [0.25, 0.3) is 11.0 Å². The average Bonchev–Trinajstić information content (AvgIpc) is 3.07. The molecule has 0 bridgehead atoms. The first-order valence-electron chi connectivity index (χ1n) is 8.33. The van der Waals surface area contributed by atoms with Crippen LogP contribution >= 0.6 is 0 Å². The Kier molecular flexibility index (Phi) is 3.75. The minimum atomic E-state index is -0.445. The summed E-state index contributed by atoms with van der Waals surface area (Å²) in [5.41, 5.74) is 2.60. The molecule has 0 aliphatic carbocycles. The summed E-state index contributed by atoms with van der Waals surface area (Å²) in [6.07, 6.45) is 3.93. The van der Waals surface area contributed by atoms with E-state index in [-0.39, 0.29) is 17.4 Å². The molecule has 0 unspecified atom stereocenters. The number of rotatable bonds is 2. The summed E-state index contributed by atoms with van der Waals surface area (Å²) >= 11 is 0. The van der Waals surface area contributed by atoms with Crippen LogP contribution in [0.2, 0.25) is 0 Å². The minimum absolute atomic E-state index is 0.238. The minimum Gasteiger partial charge on any atom is -0.464 e. The number of hydrogen-bond donors (Lipinski definition) is 0. The van der Waals surface area contributed by atoms with Crippen molar-refractivity contribution in [1.29, 1.82) is 0 Å². The van der Waals surface area contributed by atoms with E-state index in [1.807, 2.05) is 0 Å². The summed E-state index contributed by atoms with van der Waals surface area (Å²) in [5, 5.41) is 0.589. The third-order valence-electron chi connectivity index (χ3n) is 4.50. The van der Waals surface area contributed by atoms with E-state index in [1.165, 1.54) is 18.4 Å². The van der Waals surface area contributed by atoms with Crippen molar-refractivity contribution in [3.63, 3.8) is 0 Å². The van der Waals surface area contributed by atoms with Gasteiger partial charge >= 0.3 is 0 Å². The van der Waals surface area contributed by atoms with Gasteiger partial charge in [-0.05, 0) is 18.2 Å². The lowest BCUT2D eigenvalue weighted by Crippen LogP contribution is -2.36. The number of furan rings is 1. The second kappa shape index (κ2) is 5.95. The first kappa shape index (κ1) is 15.7. The van der Waals surface area contributed by atoms with Crippen LogP contribution in [0.1, 0.15) is 47.2 Å². The van der Waals surface area contributed by atoms with Gasteiger partial charge < -0.3 is 9.32 Å². The fraction of sp³-hybridized carbons (Fsp3) is 0.316. The van der Waals surface area contributed by atoms with Gasteiger partial charge in [0.05, 0.1) is 17.5 Å². The Bertz CT molecular complexity index is 964. The number of nitrogens with zero attached hydrogens (tertiary/aromatic N) is 3. The van der Waals surface area contributed by atoms with Crippen LogP contribution in [0.15, 0.2) is 35.1 Å². The Morgan fingerprint density at radius 1 is 1.36 bits per heavy atom. The SMILES string of the molecule is CC(C)c1ncc2c(n1)CCN(C(=O)c1cc(F)cc3ccoc13)C2. The van der Waals surface area contributed by atoms with Crippen molar-refractivity contribution >= 4 is 16.9 Å². The normalized spacial score (nSPS) is 14.2. The van der Waals surface area contributed by atoms with E-state index in [0.717, 1.165) is 17.1 Å².